The fourth-order valence-corrected chi connectivity index (χ4v) is 2.74. The van der Waals surface area contributed by atoms with Crippen molar-refractivity contribution in [2.45, 2.75) is 38.7 Å². The number of ether oxygens (including phenoxy) is 1. The molecule has 100 valence electrons. The van der Waals surface area contributed by atoms with Crippen LogP contribution in [0.5, 0.6) is 0 Å². The standard InChI is InChI=1S/C14H21BrN2O/c1-10-8-14(12(15)9-13(10)16)17-6-5-11-4-2-3-7-18-11/h8-9,11,17H,2-7,16H2,1H3. The van der Waals surface area contributed by atoms with Crippen LogP contribution in [0.4, 0.5) is 11.4 Å². The van der Waals surface area contributed by atoms with E-state index < -0.39 is 0 Å². The average molecular weight is 313 g/mol. The summed E-state index contributed by atoms with van der Waals surface area (Å²) in [4.78, 5) is 0. The van der Waals surface area contributed by atoms with E-state index in [9.17, 15) is 0 Å². The number of halogens is 1. The van der Waals surface area contributed by atoms with Crippen molar-refractivity contribution in [2.24, 2.45) is 0 Å². The molecule has 1 heterocycles. The lowest BCUT2D eigenvalue weighted by molar-refractivity contribution is 0.0134. The molecule has 0 aliphatic carbocycles. The molecule has 1 aromatic carbocycles. The molecule has 4 heteroatoms. The number of hydrogen-bond acceptors (Lipinski definition) is 3. The van der Waals surface area contributed by atoms with E-state index in [4.69, 9.17) is 10.5 Å². The van der Waals surface area contributed by atoms with Gasteiger partial charge in [0, 0.05) is 29.0 Å². The number of nitrogens with two attached hydrogens (primary N) is 1. The summed E-state index contributed by atoms with van der Waals surface area (Å²) in [5.41, 5.74) is 8.89. The highest BCUT2D eigenvalue weighted by Gasteiger charge is 2.13. The number of aryl methyl sites for hydroxylation is 1. The van der Waals surface area contributed by atoms with Crippen molar-refractivity contribution in [3.63, 3.8) is 0 Å². The molecule has 1 fully saturated rings. The molecule has 0 spiro atoms. The van der Waals surface area contributed by atoms with E-state index in [2.05, 4.69) is 27.3 Å². The third-order valence-corrected chi connectivity index (χ3v) is 4.07. The maximum Gasteiger partial charge on any atom is 0.0591 e. The predicted octanol–water partition coefficient (Wildman–Crippen LogP) is 3.71. The van der Waals surface area contributed by atoms with Gasteiger partial charge in [-0.15, -0.1) is 0 Å². The third-order valence-electron chi connectivity index (χ3n) is 3.41. The first-order valence-electron chi connectivity index (χ1n) is 6.58. The van der Waals surface area contributed by atoms with Gasteiger partial charge in [-0.25, -0.2) is 0 Å². The number of anilines is 2. The fraction of sp³-hybridized carbons (Fsp3) is 0.571. The molecule has 0 radical (unpaired) electrons. The van der Waals surface area contributed by atoms with Crippen LogP contribution in [-0.2, 0) is 4.74 Å². The van der Waals surface area contributed by atoms with Crippen LogP contribution in [0.1, 0.15) is 31.2 Å². The van der Waals surface area contributed by atoms with Crippen molar-refractivity contribution in [1.29, 1.82) is 0 Å². The molecule has 18 heavy (non-hydrogen) atoms. The molecule has 0 saturated carbocycles. The number of nitrogen functional groups attached to an aromatic ring is 1. The van der Waals surface area contributed by atoms with E-state index >= 15 is 0 Å². The number of hydrogen-bond donors (Lipinski definition) is 2. The maximum atomic E-state index is 5.86. The molecule has 0 bridgehead atoms. The van der Waals surface area contributed by atoms with Crippen LogP contribution in [0.3, 0.4) is 0 Å². The largest absolute Gasteiger partial charge is 0.398 e. The molecule has 3 nitrogen and oxygen atoms in total. The summed E-state index contributed by atoms with van der Waals surface area (Å²) >= 11 is 3.53. The summed E-state index contributed by atoms with van der Waals surface area (Å²) in [6.45, 7) is 3.89. The molecule has 1 atom stereocenters. The Morgan fingerprint density at radius 3 is 3.00 bits per heavy atom. The lowest BCUT2D eigenvalue weighted by Crippen LogP contribution is -2.22. The van der Waals surface area contributed by atoms with Gasteiger partial charge in [0.15, 0.2) is 0 Å². The summed E-state index contributed by atoms with van der Waals surface area (Å²) < 4.78 is 6.74. The zero-order chi connectivity index (χ0) is 13.0. The Kier molecular flexibility index (Phi) is 4.89. The Bertz CT molecular complexity index is 403. The molecular formula is C14H21BrN2O. The molecule has 0 amide bonds. The maximum absolute atomic E-state index is 5.86. The minimum atomic E-state index is 0.430. The van der Waals surface area contributed by atoms with Crippen molar-refractivity contribution in [1.82, 2.24) is 0 Å². The minimum absolute atomic E-state index is 0.430. The first-order chi connectivity index (χ1) is 8.66. The Morgan fingerprint density at radius 2 is 2.28 bits per heavy atom. The Hall–Kier alpha value is -0.740. The van der Waals surface area contributed by atoms with Crippen molar-refractivity contribution < 1.29 is 4.74 Å². The molecular weight excluding hydrogens is 292 g/mol. The van der Waals surface area contributed by atoms with Gasteiger partial charge in [0.1, 0.15) is 0 Å². The van der Waals surface area contributed by atoms with Crippen molar-refractivity contribution in [3.8, 4) is 0 Å². The second-order valence-electron chi connectivity index (χ2n) is 4.89. The predicted molar refractivity (Wildman–Crippen MR) is 80.0 cm³/mol. The monoisotopic (exact) mass is 312 g/mol. The quantitative estimate of drug-likeness (QED) is 0.833. The zero-order valence-electron chi connectivity index (χ0n) is 10.8. The zero-order valence-corrected chi connectivity index (χ0v) is 12.4. The second-order valence-corrected chi connectivity index (χ2v) is 5.75. The van der Waals surface area contributed by atoms with E-state index in [0.29, 0.717) is 6.10 Å². The molecule has 1 aromatic rings. The summed E-state index contributed by atoms with van der Waals surface area (Å²) in [5, 5.41) is 3.45. The molecule has 1 saturated heterocycles. The number of benzene rings is 1. The first kappa shape index (κ1) is 13.7. The van der Waals surface area contributed by atoms with Crippen molar-refractivity contribution >= 4 is 27.3 Å². The molecule has 1 aliphatic rings. The Balaban J connectivity index is 1.84. The van der Waals surface area contributed by atoms with E-state index in [0.717, 1.165) is 41.0 Å². The fourth-order valence-electron chi connectivity index (χ4n) is 2.24. The van der Waals surface area contributed by atoms with Crippen LogP contribution >= 0.6 is 15.9 Å². The molecule has 3 N–H and O–H groups in total. The van der Waals surface area contributed by atoms with Gasteiger partial charge in [0.2, 0.25) is 0 Å². The number of nitrogens with one attached hydrogen (secondary N) is 1. The third kappa shape index (κ3) is 3.62. The molecule has 0 aromatic heterocycles. The van der Waals surface area contributed by atoms with Crippen LogP contribution in [0.15, 0.2) is 16.6 Å². The smallest absolute Gasteiger partial charge is 0.0591 e. The van der Waals surface area contributed by atoms with Gasteiger partial charge >= 0.3 is 0 Å². The van der Waals surface area contributed by atoms with Crippen LogP contribution < -0.4 is 11.1 Å². The van der Waals surface area contributed by atoms with E-state index in [1.807, 2.05) is 13.0 Å². The summed E-state index contributed by atoms with van der Waals surface area (Å²) in [6, 6.07) is 4.04. The average Bonchev–Trinajstić information content (AvgIpc) is 2.37. The van der Waals surface area contributed by atoms with Crippen LogP contribution in [-0.4, -0.2) is 19.3 Å². The van der Waals surface area contributed by atoms with Crippen molar-refractivity contribution in [3.05, 3.63) is 22.2 Å². The lowest BCUT2D eigenvalue weighted by Gasteiger charge is -2.23. The Labute approximate surface area is 117 Å². The van der Waals surface area contributed by atoms with Crippen LogP contribution in [0.25, 0.3) is 0 Å². The van der Waals surface area contributed by atoms with Gasteiger partial charge in [-0.3, -0.25) is 0 Å². The lowest BCUT2D eigenvalue weighted by atomic mass is 10.1. The minimum Gasteiger partial charge on any atom is -0.398 e. The van der Waals surface area contributed by atoms with E-state index in [1.165, 1.54) is 19.3 Å². The van der Waals surface area contributed by atoms with Crippen LogP contribution in [0.2, 0.25) is 0 Å². The Morgan fingerprint density at radius 1 is 1.44 bits per heavy atom. The van der Waals surface area contributed by atoms with Crippen molar-refractivity contribution in [2.75, 3.05) is 24.2 Å². The van der Waals surface area contributed by atoms with E-state index in [1.54, 1.807) is 0 Å². The number of rotatable bonds is 4. The summed E-state index contributed by atoms with van der Waals surface area (Å²) in [6.07, 6.45) is 5.21. The molecule has 1 aliphatic heterocycles. The van der Waals surface area contributed by atoms with Gasteiger partial charge in [-0.2, -0.15) is 0 Å². The normalized spacial score (nSPS) is 19.8. The van der Waals surface area contributed by atoms with E-state index in [-0.39, 0.29) is 0 Å². The SMILES string of the molecule is Cc1cc(NCCC2CCCCO2)c(Br)cc1N. The topological polar surface area (TPSA) is 47.3 Å². The molecule has 2 rings (SSSR count). The van der Waals surface area contributed by atoms with Gasteiger partial charge in [0.25, 0.3) is 0 Å². The van der Waals surface area contributed by atoms with Crippen LogP contribution in [0, 0.1) is 6.92 Å². The van der Waals surface area contributed by atoms with Gasteiger partial charge in [-0.1, -0.05) is 0 Å². The highest BCUT2D eigenvalue weighted by atomic mass is 79.9. The van der Waals surface area contributed by atoms with Gasteiger partial charge < -0.3 is 15.8 Å². The van der Waals surface area contributed by atoms with Gasteiger partial charge in [0.05, 0.1) is 6.10 Å². The highest BCUT2D eigenvalue weighted by Crippen LogP contribution is 2.28. The van der Waals surface area contributed by atoms with Gasteiger partial charge in [-0.05, 0) is 66.2 Å². The molecule has 1 unspecified atom stereocenters. The summed E-state index contributed by atoms with van der Waals surface area (Å²) in [7, 11) is 0. The second kappa shape index (κ2) is 6.43. The summed E-state index contributed by atoms with van der Waals surface area (Å²) in [5.74, 6) is 0. The first-order valence-corrected chi connectivity index (χ1v) is 7.37. The highest BCUT2D eigenvalue weighted by molar-refractivity contribution is 9.10.